The Labute approximate surface area is 115 Å². The van der Waals surface area contributed by atoms with Crippen molar-refractivity contribution in [2.24, 2.45) is 0 Å². The van der Waals surface area contributed by atoms with Gasteiger partial charge in [0.2, 0.25) is 0 Å². The van der Waals surface area contributed by atoms with Gasteiger partial charge in [0.1, 0.15) is 6.04 Å². The third kappa shape index (κ3) is 4.60. The molecule has 1 aromatic carbocycles. The Kier molecular flexibility index (Phi) is 5.08. The number of urea groups is 1. The van der Waals surface area contributed by atoms with Gasteiger partial charge in [0.15, 0.2) is 0 Å². The molecule has 1 unspecified atom stereocenters. The fraction of sp³-hybridized carbons (Fsp3) is 0.308. The van der Waals surface area contributed by atoms with Crippen LogP contribution in [0.4, 0.5) is 10.5 Å². The summed E-state index contributed by atoms with van der Waals surface area (Å²) in [5.74, 6) is -2.70. The summed E-state index contributed by atoms with van der Waals surface area (Å²) in [6.45, 7) is 3.65. The Morgan fingerprint density at radius 1 is 1.20 bits per heavy atom. The van der Waals surface area contributed by atoms with Crippen molar-refractivity contribution < 1.29 is 24.6 Å². The summed E-state index contributed by atoms with van der Waals surface area (Å²) in [6, 6.07) is 3.20. The molecule has 0 aliphatic rings. The number of carbonyl (C=O) groups excluding carboxylic acids is 1. The van der Waals surface area contributed by atoms with E-state index >= 15 is 0 Å². The first-order valence-corrected chi connectivity index (χ1v) is 5.89. The largest absolute Gasteiger partial charge is 0.481 e. The van der Waals surface area contributed by atoms with Crippen LogP contribution in [0, 0.1) is 13.8 Å². The monoisotopic (exact) mass is 280 g/mol. The van der Waals surface area contributed by atoms with Crippen molar-refractivity contribution in [3.63, 3.8) is 0 Å². The van der Waals surface area contributed by atoms with Crippen LogP contribution in [-0.2, 0) is 9.59 Å². The van der Waals surface area contributed by atoms with E-state index in [0.717, 1.165) is 11.1 Å². The second-order valence-corrected chi connectivity index (χ2v) is 4.41. The lowest BCUT2D eigenvalue weighted by atomic mass is 10.1. The Hall–Kier alpha value is -2.57. The van der Waals surface area contributed by atoms with Crippen LogP contribution in [0.3, 0.4) is 0 Å². The number of hydrogen-bond donors (Lipinski definition) is 4. The van der Waals surface area contributed by atoms with Gasteiger partial charge < -0.3 is 20.8 Å². The van der Waals surface area contributed by atoms with Crippen LogP contribution in [0.5, 0.6) is 0 Å². The molecule has 7 heteroatoms. The molecule has 7 nitrogen and oxygen atoms in total. The molecular weight excluding hydrogens is 264 g/mol. The van der Waals surface area contributed by atoms with E-state index in [1.807, 2.05) is 19.1 Å². The van der Waals surface area contributed by atoms with Crippen LogP contribution in [0.25, 0.3) is 0 Å². The first kappa shape index (κ1) is 15.5. The maximum atomic E-state index is 11.7. The van der Waals surface area contributed by atoms with E-state index in [9.17, 15) is 14.4 Å². The van der Waals surface area contributed by atoms with Crippen molar-refractivity contribution in [2.45, 2.75) is 26.3 Å². The molecule has 1 aromatic rings. The highest BCUT2D eigenvalue weighted by Gasteiger charge is 2.23. The van der Waals surface area contributed by atoms with Crippen LogP contribution < -0.4 is 10.6 Å². The predicted octanol–water partition coefficient (Wildman–Crippen LogP) is 1.35. The number of nitrogens with one attached hydrogen (secondary N) is 2. The molecule has 0 aliphatic carbocycles. The lowest BCUT2D eigenvalue weighted by Crippen LogP contribution is -2.44. The molecule has 0 fully saturated rings. The van der Waals surface area contributed by atoms with Crippen molar-refractivity contribution in [1.82, 2.24) is 5.32 Å². The molecule has 0 bridgehead atoms. The number of hydrogen-bond acceptors (Lipinski definition) is 3. The summed E-state index contributed by atoms with van der Waals surface area (Å²) in [5, 5.41) is 22.0. The first-order valence-electron chi connectivity index (χ1n) is 5.89. The van der Waals surface area contributed by atoms with E-state index in [1.54, 1.807) is 13.0 Å². The Bertz CT molecular complexity index is 542. The summed E-state index contributed by atoms with van der Waals surface area (Å²) >= 11 is 0. The van der Waals surface area contributed by atoms with Gasteiger partial charge in [-0.15, -0.1) is 0 Å². The molecule has 20 heavy (non-hydrogen) atoms. The molecule has 4 N–H and O–H groups in total. The highest BCUT2D eigenvalue weighted by Crippen LogP contribution is 2.16. The zero-order chi connectivity index (χ0) is 15.3. The number of carboxylic acid groups (broad SMARTS) is 2. The molecular formula is C13H16N2O5. The minimum absolute atomic E-state index is 0.543. The average molecular weight is 280 g/mol. The Morgan fingerprint density at radius 3 is 2.40 bits per heavy atom. The summed E-state index contributed by atoms with van der Waals surface area (Å²) in [6.07, 6.45) is -0.685. The quantitative estimate of drug-likeness (QED) is 0.649. The SMILES string of the molecule is Cc1ccc(C)c(NC(=O)NC(CC(=O)O)C(=O)O)c1. The fourth-order valence-corrected chi connectivity index (χ4v) is 1.56. The second kappa shape index (κ2) is 6.55. The lowest BCUT2D eigenvalue weighted by molar-refractivity contribution is -0.145. The van der Waals surface area contributed by atoms with Crippen molar-refractivity contribution in [3.8, 4) is 0 Å². The molecule has 0 aliphatic heterocycles. The van der Waals surface area contributed by atoms with E-state index in [0.29, 0.717) is 5.69 Å². The number of carboxylic acids is 2. The molecule has 0 aromatic heterocycles. The van der Waals surface area contributed by atoms with E-state index in [4.69, 9.17) is 10.2 Å². The minimum Gasteiger partial charge on any atom is -0.481 e. The zero-order valence-corrected chi connectivity index (χ0v) is 11.1. The van der Waals surface area contributed by atoms with Crippen LogP contribution in [0.1, 0.15) is 17.5 Å². The highest BCUT2D eigenvalue weighted by molar-refractivity contribution is 5.94. The van der Waals surface area contributed by atoms with Gasteiger partial charge in [0.25, 0.3) is 0 Å². The molecule has 108 valence electrons. The number of aliphatic carboxylic acids is 2. The number of anilines is 1. The predicted molar refractivity (Wildman–Crippen MR) is 71.7 cm³/mol. The Morgan fingerprint density at radius 2 is 1.85 bits per heavy atom. The van der Waals surface area contributed by atoms with Gasteiger partial charge in [-0.25, -0.2) is 9.59 Å². The third-order valence-electron chi connectivity index (χ3n) is 2.62. The molecule has 1 rings (SSSR count). The average Bonchev–Trinajstić information content (AvgIpc) is 2.32. The number of aryl methyl sites for hydroxylation is 2. The first-order chi connectivity index (χ1) is 9.29. The van der Waals surface area contributed by atoms with Gasteiger partial charge in [-0.3, -0.25) is 4.79 Å². The minimum atomic E-state index is -1.47. The third-order valence-corrected chi connectivity index (χ3v) is 2.62. The normalized spacial score (nSPS) is 11.5. The van der Waals surface area contributed by atoms with Crippen molar-refractivity contribution in [2.75, 3.05) is 5.32 Å². The van der Waals surface area contributed by atoms with E-state index in [-0.39, 0.29) is 0 Å². The van der Waals surface area contributed by atoms with Crippen LogP contribution in [0.15, 0.2) is 18.2 Å². The van der Waals surface area contributed by atoms with Crippen molar-refractivity contribution in [3.05, 3.63) is 29.3 Å². The number of amides is 2. The van der Waals surface area contributed by atoms with Gasteiger partial charge >= 0.3 is 18.0 Å². The number of benzene rings is 1. The topological polar surface area (TPSA) is 116 Å². The standard InChI is InChI=1S/C13H16N2O5/c1-7-3-4-8(2)9(5-7)14-13(20)15-10(12(18)19)6-11(16)17/h3-5,10H,6H2,1-2H3,(H,16,17)(H,18,19)(H2,14,15,20). The molecule has 0 saturated carbocycles. The maximum Gasteiger partial charge on any atom is 0.326 e. The van der Waals surface area contributed by atoms with Gasteiger partial charge in [-0.2, -0.15) is 0 Å². The van der Waals surface area contributed by atoms with Gasteiger partial charge in [0.05, 0.1) is 6.42 Å². The molecule has 0 radical (unpaired) electrons. The number of rotatable bonds is 5. The van der Waals surface area contributed by atoms with Crippen molar-refractivity contribution >= 4 is 23.7 Å². The van der Waals surface area contributed by atoms with E-state index in [2.05, 4.69) is 10.6 Å². The van der Waals surface area contributed by atoms with E-state index < -0.39 is 30.4 Å². The van der Waals surface area contributed by atoms with Crippen molar-refractivity contribution in [1.29, 1.82) is 0 Å². The smallest absolute Gasteiger partial charge is 0.326 e. The van der Waals surface area contributed by atoms with Crippen LogP contribution >= 0.6 is 0 Å². The summed E-state index contributed by atoms with van der Waals surface area (Å²) < 4.78 is 0. The van der Waals surface area contributed by atoms with Crippen LogP contribution in [-0.4, -0.2) is 34.2 Å². The number of carbonyl (C=O) groups is 3. The summed E-state index contributed by atoms with van der Waals surface area (Å²) in [7, 11) is 0. The Balaban J connectivity index is 2.72. The second-order valence-electron chi connectivity index (χ2n) is 4.41. The highest BCUT2D eigenvalue weighted by atomic mass is 16.4. The zero-order valence-electron chi connectivity index (χ0n) is 11.1. The van der Waals surface area contributed by atoms with Gasteiger partial charge in [-0.1, -0.05) is 12.1 Å². The van der Waals surface area contributed by atoms with E-state index in [1.165, 1.54) is 0 Å². The van der Waals surface area contributed by atoms with Crippen LogP contribution in [0.2, 0.25) is 0 Å². The summed E-state index contributed by atoms with van der Waals surface area (Å²) in [4.78, 5) is 33.0. The molecule has 2 amide bonds. The molecule has 1 atom stereocenters. The van der Waals surface area contributed by atoms with Gasteiger partial charge in [0, 0.05) is 5.69 Å². The fourth-order valence-electron chi connectivity index (χ4n) is 1.56. The summed E-state index contributed by atoms with van der Waals surface area (Å²) in [5.41, 5.74) is 2.30. The molecule has 0 saturated heterocycles. The molecule has 0 spiro atoms. The lowest BCUT2D eigenvalue weighted by Gasteiger charge is -2.14. The maximum absolute atomic E-state index is 11.7. The van der Waals surface area contributed by atoms with Gasteiger partial charge in [-0.05, 0) is 31.0 Å². The molecule has 0 heterocycles.